The standard InChI is InChI=1S/C14H20N2O2/c1-9-5-6-13(17)11(7-9)14(18)16-8-10-3-2-4-12(10)15/h5-7,10,12,17H,2-4,8,15H2,1H3,(H,16,18). The number of hydrogen-bond donors (Lipinski definition) is 3. The zero-order chi connectivity index (χ0) is 13.1. The molecule has 0 aromatic heterocycles. The lowest BCUT2D eigenvalue weighted by molar-refractivity contribution is 0.0943. The molecular weight excluding hydrogens is 228 g/mol. The summed E-state index contributed by atoms with van der Waals surface area (Å²) in [5.41, 5.74) is 7.25. The van der Waals surface area contributed by atoms with E-state index in [1.165, 1.54) is 0 Å². The predicted octanol–water partition coefficient (Wildman–Crippen LogP) is 1.56. The summed E-state index contributed by atoms with van der Waals surface area (Å²) in [6.45, 7) is 2.48. The average molecular weight is 248 g/mol. The number of rotatable bonds is 3. The van der Waals surface area contributed by atoms with E-state index in [1.807, 2.05) is 6.92 Å². The predicted molar refractivity (Wildman–Crippen MR) is 70.5 cm³/mol. The van der Waals surface area contributed by atoms with Gasteiger partial charge < -0.3 is 16.2 Å². The summed E-state index contributed by atoms with van der Waals surface area (Å²) in [6, 6.07) is 5.21. The molecule has 0 saturated heterocycles. The van der Waals surface area contributed by atoms with E-state index in [-0.39, 0.29) is 17.7 Å². The van der Waals surface area contributed by atoms with Gasteiger partial charge in [0.2, 0.25) is 0 Å². The number of carbonyl (C=O) groups is 1. The maximum absolute atomic E-state index is 12.0. The van der Waals surface area contributed by atoms with Crippen molar-refractivity contribution in [1.29, 1.82) is 0 Å². The quantitative estimate of drug-likeness (QED) is 0.759. The lowest BCUT2D eigenvalue weighted by atomic mass is 10.0. The number of carbonyl (C=O) groups excluding carboxylic acids is 1. The SMILES string of the molecule is Cc1ccc(O)c(C(=O)NCC2CCCC2N)c1. The Morgan fingerprint density at radius 3 is 2.94 bits per heavy atom. The minimum absolute atomic E-state index is 0.0221. The number of nitrogens with two attached hydrogens (primary N) is 1. The summed E-state index contributed by atoms with van der Waals surface area (Å²) < 4.78 is 0. The first kappa shape index (κ1) is 12.9. The number of nitrogens with one attached hydrogen (secondary N) is 1. The highest BCUT2D eigenvalue weighted by molar-refractivity contribution is 5.96. The second kappa shape index (κ2) is 5.40. The molecule has 98 valence electrons. The van der Waals surface area contributed by atoms with Crippen LogP contribution in [0.2, 0.25) is 0 Å². The normalized spacial score (nSPS) is 23.0. The Morgan fingerprint density at radius 1 is 1.50 bits per heavy atom. The fourth-order valence-electron chi connectivity index (χ4n) is 2.47. The van der Waals surface area contributed by atoms with Gasteiger partial charge in [0.1, 0.15) is 5.75 Å². The van der Waals surface area contributed by atoms with Gasteiger partial charge in [-0.2, -0.15) is 0 Å². The van der Waals surface area contributed by atoms with Crippen LogP contribution in [0.15, 0.2) is 18.2 Å². The summed E-state index contributed by atoms with van der Waals surface area (Å²) in [5, 5.41) is 12.5. The van der Waals surface area contributed by atoms with E-state index >= 15 is 0 Å². The first-order valence-electron chi connectivity index (χ1n) is 6.41. The molecule has 1 fully saturated rings. The highest BCUT2D eigenvalue weighted by atomic mass is 16.3. The third kappa shape index (κ3) is 2.82. The number of phenols is 1. The van der Waals surface area contributed by atoms with Crippen molar-refractivity contribution in [2.45, 2.75) is 32.2 Å². The van der Waals surface area contributed by atoms with Crippen LogP contribution in [-0.2, 0) is 0 Å². The number of amides is 1. The van der Waals surface area contributed by atoms with E-state index in [0.29, 0.717) is 18.0 Å². The van der Waals surface area contributed by atoms with Crippen molar-refractivity contribution < 1.29 is 9.90 Å². The molecule has 1 saturated carbocycles. The Balaban J connectivity index is 1.97. The Kier molecular flexibility index (Phi) is 3.87. The van der Waals surface area contributed by atoms with Crippen molar-refractivity contribution in [1.82, 2.24) is 5.32 Å². The van der Waals surface area contributed by atoms with E-state index in [2.05, 4.69) is 5.32 Å². The molecule has 2 rings (SSSR count). The molecule has 1 aromatic carbocycles. The summed E-state index contributed by atoms with van der Waals surface area (Å²) in [7, 11) is 0. The Hall–Kier alpha value is -1.55. The average Bonchev–Trinajstić information content (AvgIpc) is 2.75. The molecule has 4 nitrogen and oxygen atoms in total. The van der Waals surface area contributed by atoms with E-state index in [4.69, 9.17) is 5.73 Å². The Bertz CT molecular complexity index is 445. The van der Waals surface area contributed by atoms with Crippen molar-refractivity contribution in [2.75, 3.05) is 6.54 Å². The number of benzene rings is 1. The van der Waals surface area contributed by atoms with Gasteiger partial charge in [-0.15, -0.1) is 0 Å². The van der Waals surface area contributed by atoms with Crippen LogP contribution >= 0.6 is 0 Å². The first-order chi connectivity index (χ1) is 8.58. The van der Waals surface area contributed by atoms with Crippen LogP contribution in [0.4, 0.5) is 0 Å². The maximum Gasteiger partial charge on any atom is 0.255 e. The second-order valence-corrected chi connectivity index (χ2v) is 5.09. The third-order valence-corrected chi connectivity index (χ3v) is 3.64. The zero-order valence-electron chi connectivity index (χ0n) is 10.6. The molecule has 2 atom stereocenters. The molecule has 0 radical (unpaired) electrons. The third-order valence-electron chi connectivity index (χ3n) is 3.64. The van der Waals surface area contributed by atoms with Crippen molar-refractivity contribution in [3.8, 4) is 5.75 Å². The molecule has 2 unspecified atom stereocenters. The molecule has 1 amide bonds. The van der Waals surface area contributed by atoms with Gasteiger partial charge in [-0.25, -0.2) is 0 Å². The van der Waals surface area contributed by atoms with E-state index in [1.54, 1.807) is 18.2 Å². The Labute approximate surface area is 107 Å². The van der Waals surface area contributed by atoms with Crippen molar-refractivity contribution >= 4 is 5.91 Å². The van der Waals surface area contributed by atoms with Crippen molar-refractivity contribution in [3.05, 3.63) is 29.3 Å². The molecule has 1 aliphatic rings. The molecule has 1 aromatic rings. The van der Waals surface area contributed by atoms with Crippen LogP contribution in [-0.4, -0.2) is 23.6 Å². The monoisotopic (exact) mass is 248 g/mol. The van der Waals surface area contributed by atoms with Gasteiger partial charge in [0.05, 0.1) is 5.56 Å². The van der Waals surface area contributed by atoms with Crippen LogP contribution < -0.4 is 11.1 Å². The van der Waals surface area contributed by atoms with Crippen molar-refractivity contribution in [3.63, 3.8) is 0 Å². The van der Waals surface area contributed by atoms with Gasteiger partial charge in [-0.3, -0.25) is 4.79 Å². The highest BCUT2D eigenvalue weighted by Crippen LogP contribution is 2.23. The van der Waals surface area contributed by atoms with Gasteiger partial charge in [-0.05, 0) is 37.8 Å². The molecule has 0 bridgehead atoms. The molecule has 1 aliphatic carbocycles. The molecule has 0 heterocycles. The zero-order valence-corrected chi connectivity index (χ0v) is 10.6. The highest BCUT2D eigenvalue weighted by Gasteiger charge is 2.24. The van der Waals surface area contributed by atoms with Crippen LogP contribution in [0, 0.1) is 12.8 Å². The van der Waals surface area contributed by atoms with E-state index in [9.17, 15) is 9.90 Å². The van der Waals surface area contributed by atoms with Crippen molar-refractivity contribution in [2.24, 2.45) is 11.7 Å². The molecular formula is C14H20N2O2. The van der Waals surface area contributed by atoms with Gasteiger partial charge >= 0.3 is 0 Å². The lowest BCUT2D eigenvalue weighted by Crippen LogP contribution is -2.36. The second-order valence-electron chi connectivity index (χ2n) is 5.09. The summed E-state index contributed by atoms with van der Waals surface area (Å²) in [6.07, 6.45) is 3.24. The molecule has 18 heavy (non-hydrogen) atoms. The summed E-state index contributed by atoms with van der Waals surface area (Å²) >= 11 is 0. The fraction of sp³-hybridized carbons (Fsp3) is 0.500. The van der Waals surface area contributed by atoms with Gasteiger partial charge in [0.25, 0.3) is 5.91 Å². The molecule has 0 aliphatic heterocycles. The number of hydrogen-bond acceptors (Lipinski definition) is 3. The smallest absolute Gasteiger partial charge is 0.255 e. The molecule has 0 spiro atoms. The summed E-state index contributed by atoms with van der Waals surface area (Å²) in [4.78, 5) is 12.0. The van der Waals surface area contributed by atoms with Crippen LogP contribution in [0.25, 0.3) is 0 Å². The van der Waals surface area contributed by atoms with E-state index < -0.39 is 0 Å². The van der Waals surface area contributed by atoms with Crippen LogP contribution in [0.1, 0.15) is 35.2 Å². The minimum Gasteiger partial charge on any atom is -0.507 e. The Morgan fingerprint density at radius 2 is 2.28 bits per heavy atom. The largest absolute Gasteiger partial charge is 0.507 e. The maximum atomic E-state index is 12.0. The number of aromatic hydroxyl groups is 1. The molecule has 4 N–H and O–H groups in total. The van der Waals surface area contributed by atoms with Gasteiger partial charge in [0, 0.05) is 12.6 Å². The van der Waals surface area contributed by atoms with Crippen LogP contribution in [0.5, 0.6) is 5.75 Å². The van der Waals surface area contributed by atoms with Gasteiger partial charge in [0.15, 0.2) is 0 Å². The molecule has 4 heteroatoms. The summed E-state index contributed by atoms with van der Waals surface area (Å²) in [5.74, 6) is 0.157. The van der Waals surface area contributed by atoms with Gasteiger partial charge in [-0.1, -0.05) is 18.1 Å². The minimum atomic E-state index is -0.227. The topological polar surface area (TPSA) is 75.3 Å². The number of aryl methyl sites for hydroxylation is 1. The van der Waals surface area contributed by atoms with E-state index in [0.717, 1.165) is 24.8 Å². The first-order valence-corrected chi connectivity index (χ1v) is 6.41. The van der Waals surface area contributed by atoms with Crippen LogP contribution in [0.3, 0.4) is 0 Å². The lowest BCUT2D eigenvalue weighted by Gasteiger charge is -2.16. The number of phenolic OH excluding ortho intramolecular Hbond substituents is 1. The fourth-order valence-corrected chi connectivity index (χ4v) is 2.47.